The molecule has 0 saturated carbocycles. The summed E-state index contributed by atoms with van der Waals surface area (Å²) in [7, 11) is 1.88. The Morgan fingerprint density at radius 1 is 1.29 bits per heavy atom. The fraction of sp³-hybridized carbons (Fsp3) is 0.500. The first-order valence-electron chi connectivity index (χ1n) is 7.51. The van der Waals surface area contributed by atoms with Crippen molar-refractivity contribution in [1.82, 2.24) is 10.6 Å². The number of nitrogens with zero attached hydrogens (tertiary/aromatic N) is 1. The van der Waals surface area contributed by atoms with E-state index in [1.807, 2.05) is 36.2 Å². The molecular weight excluding hydrogens is 266 g/mol. The second kappa shape index (κ2) is 7.78. The van der Waals surface area contributed by atoms with Gasteiger partial charge in [0.15, 0.2) is 0 Å². The maximum absolute atomic E-state index is 11.7. The molecule has 1 saturated heterocycles. The third-order valence-corrected chi connectivity index (χ3v) is 3.64. The van der Waals surface area contributed by atoms with E-state index in [2.05, 4.69) is 10.6 Å². The summed E-state index contributed by atoms with van der Waals surface area (Å²) < 4.78 is 0. The fourth-order valence-electron chi connectivity index (χ4n) is 2.43. The van der Waals surface area contributed by atoms with E-state index < -0.39 is 0 Å². The van der Waals surface area contributed by atoms with E-state index >= 15 is 0 Å². The number of nitrogens with one attached hydrogen (secondary N) is 2. The maximum Gasteiger partial charge on any atom is 0.227 e. The zero-order chi connectivity index (χ0) is 15.1. The molecule has 5 heteroatoms. The summed E-state index contributed by atoms with van der Waals surface area (Å²) >= 11 is 0. The normalized spacial score (nSPS) is 14.5. The lowest BCUT2D eigenvalue weighted by atomic mass is 10.2. The lowest BCUT2D eigenvalue weighted by Gasteiger charge is -2.16. The zero-order valence-electron chi connectivity index (χ0n) is 12.5. The molecule has 2 N–H and O–H groups in total. The summed E-state index contributed by atoms with van der Waals surface area (Å²) in [5.41, 5.74) is 1.99. The van der Waals surface area contributed by atoms with Crippen LogP contribution in [-0.2, 0) is 16.1 Å². The van der Waals surface area contributed by atoms with Crippen LogP contribution in [0.15, 0.2) is 24.3 Å². The lowest BCUT2D eigenvalue weighted by molar-refractivity contribution is -0.121. The number of hydrogen-bond donors (Lipinski definition) is 2. The summed E-state index contributed by atoms with van der Waals surface area (Å²) in [6, 6.07) is 7.83. The van der Waals surface area contributed by atoms with Crippen LogP contribution in [0.25, 0.3) is 0 Å². The van der Waals surface area contributed by atoms with Gasteiger partial charge in [-0.15, -0.1) is 0 Å². The summed E-state index contributed by atoms with van der Waals surface area (Å²) in [5, 5.41) is 5.93. The number of anilines is 1. The quantitative estimate of drug-likeness (QED) is 0.747. The minimum Gasteiger partial charge on any atom is -0.352 e. The van der Waals surface area contributed by atoms with Crippen molar-refractivity contribution in [3.05, 3.63) is 29.8 Å². The average molecular weight is 289 g/mol. The van der Waals surface area contributed by atoms with Gasteiger partial charge in [0, 0.05) is 31.6 Å². The minimum atomic E-state index is 0.0732. The molecule has 1 fully saturated rings. The van der Waals surface area contributed by atoms with Gasteiger partial charge in [-0.1, -0.05) is 12.1 Å². The second-order valence-corrected chi connectivity index (χ2v) is 5.30. The van der Waals surface area contributed by atoms with E-state index in [1.54, 1.807) is 0 Å². The van der Waals surface area contributed by atoms with Crippen molar-refractivity contribution in [3.8, 4) is 0 Å². The van der Waals surface area contributed by atoms with E-state index in [0.717, 1.165) is 37.2 Å². The van der Waals surface area contributed by atoms with E-state index in [1.165, 1.54) is 0 Å². The Morgan fingerprint density at radius 3 is 2.67 bits per heavy atom. The SMILES string of the molecule is CNCCCC(=O)NCc1ccc(N2CCCC2=O)cc1. The third kappa shape index (κ3) is 4.56. The molecule has 114 valence electrons. The van der Waals surface area contributed by atoms with Crippen LogP contribution in [0.4, 0.5) is 5.69 Å². The van der Waals surface area contributed by atoms with Gasteiger partial charge in [-0.3, -0.25) is 9.59 Å². The molecule has 1 aliphatic rings. The van der Waals surface area contributed by atoms with E-state index in [-0.39, 0.29) is 11.8 Å². The van der Waals surface area contributed by atoms with Crippen molar-refractivity contribution in [1.29, 1.82) is 0 Å². The van der Waals surface area contributed by atoms with E-state index in [4.69, 9.17) is 0 Å². The van der Waals surface area contributed by atoms with Crippen LogP contribution in [0.3, 0.4) is 0 Å². The number of rotatable bonds is 7. The van der Waals surface area contributed by atoms with Gasteiger partial charge in [0.25, 0.3) is 0 Å². The fourth-order valence-corrected chi connectivity index (χ4v) is 2.43. The van der Waals surface area contributed by atoms with Crippen LogP contribution in [0.5, 0.6) is 0 Å². The van der Waals surface area contributed by atoms with Crippen molar-refractivity contribution in [2.45, 2.75) is 32.2 Å². The number of hydrogen-bond acceptors (Lipinski definition) is 3. The Labute approximate surface area is 125 Å². The van der Waals surface area contributed by atoms with Gasteiger partial charge in [-0.25, -0.2) is 0 Å². The summed E-state index contributed by atoms with van der Waals surface area (Å²) in [4.78, 5) is 25.1. The Balaban J connectivity index is 1.80. The zero-order valence-corrected chi connectivity index (χ0v) is 12.5. The minimum absolute atomic E-state index is 0.0732. The topological polar surface area (TPSA) is 61.4 Å². The van der Waals surface area contributed by atoms with Crippen molar-refractivity contribution >= 4 is 17.5 Å². The monoisotopic (exact) mass is 289 g/mol. The van der Waals surface area contributed by atoms with Crippen molar-refractivity contribution in [2.75, 3.05) is 25.0 Å². The van der Waals surface area contributed by atoms with Gasteiger partial charge >= 0.3 is 0 Å². The third-order valence-electron chi connectivity index (χ3n) is 3.64. The van der Waals surface area contributed by atoms with Gasteiger partial charge < -0.3 is 15.5 Å². The Morgan fingerprint density at radius 2 is 2.05 bits per heavy atom. The van der Waals surface area contributed by atoms with Crippen molar-refractivity contribution in [2.24, 2.45) is 0 Å². The van der Waals surface area contributed by atoms with Crippen molar-refractivity contribution < 1.29 is 9.59 Å². The molecule has 0 radical (unpaired) electrons. The van der Waals surface area contributed by atoms with Gasteiger partial charge in [0.1, 0.15) is 0 Å². The molecule has 1 aromatic carbocycles. The van der Waals surface area contributed by atoms with Crippen LogP contribution in [0.1, 0.15) is 31.2 Å². The van der Waals surface area contributed by atoms with Gasteiger partial charge in [-0.05, 0) is 44.1 Å². The predicted octanol–water partition coefficient (Wildman–Crippen LogP) is 1.43. The number of carbonyl (C=O) groups excluding carboxylic acids is 2. The van der Waals surface area contributed by atoms with Crippen molar-refractivity contribution in [3.63, 3.8) is 0 Å². The smallest absolute Gasteiger partial charge is 0.227 e. The summed E-state index contributed by atoms with van der Waals surface area (Å²) in [6.45, 7) is 2.19. The number of amides is 2. The molecule has 0 spiro atoms. The average Bonchev–Trinajstić information content (AvgIpc) is 2.92. The van der Waals surface area contributed by atoms with Crippen LogP contribution in [0, 0.1) is 0 Å². The molecule has 5 nitrogen and oxygen atoms in total. The molecule has 21 heavy (non-hydrogen) atoms. The molecular formula is C16H23N3O2. The predicted molar refractivity (Wildman–Crippen MR) is 83.0 cm³/mol. The standard InChI is InChI=1S/C16H23N3O2/c1-17-10-2-4-15(20)18-12-13-6-8-14(9-7-13)19-11-3-5-16(19)21/h6-9,17H,2-5,10-12H2,1H3,(H,18,20). The molecule has 0 aromatic heterocycles. The molecule has 0 atom stereocenters. The Kier molecular flexibility index (Phi) is 5.75. The molecule has 1 heterocycles. The highest BCUT2D eigenvalue weighted by Crippen LogP contribution is 2.21. The molecule has 0 bridgehead atoms. The van der Waals surface area contributed by atoms with E-state index in [0.29, 0.717) is 19.4 Å². The Bertz CT molecular complexity index is 485. The van der Waals surface area contributed by atoms with E-state index in [9.17, 15) is 9.59 Å². The van der Waals surface area contributed by atoms with Crippen LogP contribution < -0.4 is 15.5 Å². The molecule has 2 amide bonds. The van der Waals surface area contributed by atoms with Crippen LogP contribution >= 0.6 is 0 Å². The molecule has 1 aliphatic heterocycles. The van der Waals surface area contributed by atoms with Gasteiger partial charge in [0.2, 0.25) is 11.8 Å². The maximum atomic E-state index is 11.7. The van der Waals surface area contributed by atoms with Gasteiger partial charge in [-0.2, -0.15) is 0 Å². The first-order chi connectivity index (χ1) is 10.2. The highest BCUT2D eigenvalue weighted by atomic mass is 16.2. The molecule has 2 rings (SSSR count). The molecule has 1 aromatic rings. The summed E-state index contributed by atoms with van der Waals surface area (Å²) in [5.74, 6) is 0.268. The highest BCUT2D eigenvalue weighted by Gasteiger charge is 2.21. The Hall–Kier alpha value is -1.88. The summed E-state index contributed by atoms with van der Waals surface area (Å²) in [6.07, 6.45) is 2.97. The van der Waals surface area contributed by atoms with Crippen LogP contribution in [0.2, 0.25) is 0 Å². The number of carbonyl (C=O) groups is 2. The van der Waals surface area contributed by atoms with Gasteiger partial charge in [0.05, 0.1) is 0 Å². The highest BCUT2D eigenvalue weighted by molar-refractivity contribution is 5.95. The first kappa shape index (κ1) is 15.5. The number of benzene rings is 1. The lowest BCUT2D eigenvalue weighted by Crippen LogP contribution is -2.24. The first-order valence-corrected chi connectivity index (χ1v) is 7.51. The molecule has 0 unspecified atom stereocenters. The molecule has 0 aliphatic carbocycles. The largest absolute Gasteiger partial charge is 0.352 e. The van der Waals surface area contributed by atoms with Crippen LogP contribution in [-0.4, -0.2) is 32.0 Å². The second-order valence-electron chi connectivity index (χ2n) is 5.30.